The standard InChI is InChI=1S/C23H19FN6O2/c24-17-7-9-18(10-8-17)26-22(31)14-30-13-21(28-29-30)23(32)27-20-12-16(6-11-19(20)25)15-4-2-1-3-5-15/h1-13H,14,25H2,(H,26,31)(H,27,32). The molecule has 0 atom stereocenters. The molecule has 0 unspecified atom stereocenters. The Morgan fingerprint density at radius 2 is 1.69 bits per heavy atom. The summed E-state index contributed by atoms with van der Waals surface area (Å²) in [5.74, 6) is -1.30. The molecule has 0 spiro atoms. The summed E-state index contributed by atoms with van der Waals surface area (Å²) >= 11 is 0. The highest BCUT2D eigenvalue weighted by molar-refractivity contribution is 6.04. The van der Waals surface area contributed by atoms with Gasteiger partial charge in [-0.05, 0) is 47.5 Å². The molecule has 8 nitrogen and oxygen atoms in total. The van der Waals surface area contributed by atoms with E-state index in [0.29, 0.717) is 17.1 Å². The fourth-order valence-electron chi connectivity index (χ4n) is 3.02. The van der Waals surface area contributed by atoms with E-state index in [0.717, 1.165) is 11.1 Å². The van der Waals surface area contributed by atoms with Gasteiger partial charge >= 0.3 is 0 Å². The van der Waals surface area contributed by atoms with Crippen molar-refractivity contribution in [2.45, 2.75) is 6.54 Å². The first-order valence-corrected chi connectivity index (χ1v) is 9.70. The lowest BCUT2D eigenvalue weighted by Crippen LogP contribution is -2.19. The van der Waals surface area contributed by atoms with Crippen molar-refractivity contribution in [3.05, 3.63) is 90.5 Å². The van der Waals surface area contributed by atoms with Gasteiger partial charge in [-0.1, -0.05) is 41.6 Å². The lowest BCUT2D eigenvalue weighted by atomic mass is 10.0. The topological polar surface area (TPSA) is 115 Å². The summed E-state index contributed by atoms with van der Waals surface area (Å²) < 4.78 is 14.2. The zero-order valence-electron chi connectivity index (χ0n) is 16.8. The van der Waals surface area contributed by atoms with E-state index >= 15 is 0 Å². The third kappa shape index (κ3) is 4.96. The van der Waals surface area contributed by atoms with Crippen molar-refractivity contribution in [1.82, 2.24) is 15.0 Å². The Morgan fingerprint density at radius 3 is 2.44 bits per heavy atom. The number of carbonyl (C=O) groups is 2. The van der Waals surface area contributed by atoms with Gasteiger partial charge in [-0.15, -0.1) is 5.10 Å². The molecule has 2 amide bonds. The quantitative estimate of drug-likeness (QED) is 0.405. The number of nitrogens with two attached hydrogens (primary N) is 1. The van der Waals surface area contributed by atoms with E-state index in [-0.39, 0.29) is 12.2 Å². The van der Waals surface area contributed by atoms with E-state index in [9.17, 15) is 14.0 Å². The summed E-state index contributed by atoms with van der Waals surface area (Å²) in [6, 6.07) is 20.4. The molecule has 0 radical (unpaired) electrons. The number of nitrogens with zero attached hydrogens (tertiary/aromatic N) is 3. The van der Waals surface area contributed by atoms with E-state index in [1.54, 1.807) is 12.1 Å². The highest BCUT2D eigenvalue weighted by atomic mass is 19.1. The molecule has 0 saturated carbocycles. The monoisotopic (exact) mass is 430 g/mol. The highest BCUT2D eigenvalue weighted by Gasteiger charge is 2.15. The molecule has 0 bridgehead atoms. The van der Waals surface area contributed by atoms with Gasteiger partial charge in [0.25, 0.3) is 5.91 Å². The minimum absolute atomic E-state index is 0.0316. The van der Waals surface area contributed by atoms with Gasteiger partial charge in [0.15, 0.2) is 5.69 Å². The number of amides is 2. The van der Waals surface area contributed by atoms with Crippen LogP contribution < -0.4 is 16.4 Å². The van der Waals surface area contributed by atoms with Crippen LogP contribution in [-0.4, -0.2) is 26.8 Å². The van der Waals surface area contributed by atoms with E-state index in [1.165, 1.54) is 35.1 Å². The number of halogens is 1. The Morgan fingerprint density at radius 1 is 0.938 bits per heavy atom. The zero-order chi connectivity index (χ0) is 22.5. The molecule has 4 rings (SSSR count). The summed E-state index contributed by atoms with van der Waals surface area (Å²) in [6.07, 6.45) is 1.36. The number of nitrogen functional groups attached to an aromatic ring is 1. The third-order valence-electron chi connectivity index (χ3n) is 4.61. The zero-order valence-corrected chi connectivity index (χ0v) is 16.8. The molecule has 0 aliphatic heterocycles. The first kappa shape index (κ1) is 20.7. The number of anilines is 3. The van der Waals surface area contributed by atoms with Crippen LogP contribution in [0.25, 0.3) is 11.1 Å². The molecule has 32 heavy (non-hydrogen) atoms. The second-order valence-corrected chi connectivity index (χ2v) is 6.98. The van der Waals surface area contributed by atoms with Gasteiger partial charge in [0.2, 0.25) is 5.91 Å². The van der Waals surface area contributed by atoms with Gasteiger partial charge in [-0.2, -0.15) is 0 Å². The van der Waals surface area contributed by atoms with E-state index in [4.69, 9.17) is 5.73 Å². The Kier molecular flexibility index (Phi) is 5.89. The van der Waals surface area contributed by atoms with Gasteiger partial charge in [-0.25, -0.2) is 9.07 Å². The summed E-state index contributed by atoms with van der Waals surface area (Å²) in [6.45, 7) is -0.163. The Bertz CT molecular complexity index is 1260. The number of nitrogens with one attached hydrogen (secondary N) is 2. The van der Waals surface area contributed by atoms with Crippen molar-refractivity contribution in [2.75, 3.05) is 16.4 Å². The summed E-state index contributed by atoms with van der Waals surface area (Å²) in [5.41, 5.74) is 9.23. The smallest absolute Gasteiger partial charge is 0.277 e. The number of benzene rings is 3. The molecular weight excluding hydrogens is 411 g/mol. The number of hydrogen-bond acceptors (Lipinski definition) is 5. The fraction of sp³-hybridized carbons (Fsp3) is 0.0435. The first-order chi connectivity index (χ1) is 15.5. The second-order valence-electron chi connectivity index (χ2n) is 6.98. The Balaban J connectivity index is 1.42. The molecule has 0 fully saturated rings. The second kappa shape index (κ2) is 9.09. The van der Waals surface area contributed by atoms with Gasteiger partial charge in [0, 0.05) is 5.69 Å². The van der Waals surface area contributed by atoms with E-state index in [2.05, 4.69) is 20.9 Å². The SMILES string of the molecule is Nc1ccc(-c2ccccc2)cc1NC(=O)c1cn(CC(=O)Nc2ccc(F)cc2)nn1. The van der Waals surface area contributed by atoms with Crippen LogP contribution in [0, 0.1) is 5.82 Å². The Hall–Kier alpha value is -4.53. The normalized spacial score (nSPS) is 10.5. The predicted octanol–water partition coefficient (Wildman–Crippen LogP) is 3.56. The van der Waals surface area contributed by atoms with Crippen LogP contribution in [-0.2, 0) is 11.3 Å². The molecule has 160 valence electrons. The van der Waals surface area contributed by atoms with Crippen LogP contribution in [0.5, 0.6) is 0 Å². The predicted molar refractivity (Wildman–Crippen MR) is 119 cm³/mol. The highest BCUT2D eigenvalue weighted by Crippen LogP contribution is 2.27. The summed E-state index contributed by atoms with van der Waals surface area (Å²) in [5, 5.41) is 13.0. The van der Waals surface area contributed by atoms with Crippen molar-refractivity contribution in [2.24, 2.45) is 0 Å². The van der Waals surface area contributed by atoms with Crippen LogP contribution >= 0.6 is 0 Å². The first-order valence-electron chi connectivity index (χ1n) is 9.70. The lowest BCUT2D eigenvalue weighted by Gasteiger charge is -2.09. The molecule has 1 heterocycles. The van der Waals surface area contributed by atoms with Crippen LogP contribution in [0.1, 0.15) is 10.5 Å². The summed E-state index contributed by atoms with van der Waals surface area (Å²) in [7, 11) is 0. The third-order valence-corrected chi connectivity index (χ3v) is 4.61. The van der Waals surface area contributed by atoms with Crippen molar-refractivity contribution < 1.29 is 14.0 Å². The molecule has 4 aromatic rings. The number of hydrogen-bond donors (Lipinski definition) is 3. The van der Waals surface area contributed by atoms with E-state index < -0.39 is 17.6 Å². The van der Waals surface area contributed by atoms with E-state index in [1.807, 2.05) is 36.4 Å². The molecule has 4 N–H and O–H groups in total. The Labute approximate surface area is 182 Å². The molecule has 0 aliphatic rings. The van der Waals surface area contributed by atoms with Crippen LogP contribution in [0.4, 0.5) is 21.5 Å². The van der Waals surface area contributed by atoms with Crippen molar-refractivity contribution in [3.8, 4) is 11.1 Å². The van der Waals surface area contributed by atoms with Crippen molar-refractivity contribution in [1.29, 1.82) is 0 Å². The van der Waals surface area contributed by atoms with Crippen molar-refractivity contribution in [3.63, 3.8) is 0 Å². The molecular formula is C23H19FN6O2. The minimum Gasteiger partial charge on any atom is -0.397 e. The largest absolute Gasteiger partial charge is 0.397 e. The maximum Gasteiger partial charge on any atom is 0.277 e. The maximum absolute atomic E-state index is 13.0. The molecule has 0 saturated heterocycles. The lowest BCUT2D eigenvalue weighted by molar-refractivity contribution is -0.116. The van der Waals surface area contributed by atoms with Crippen LogP contribution in [0.15, 0.2) is 79.0 Å². The van der Waals surface area contributed by atoms with Gasteiger partial charge < -0.3 is 16.4 Å². The van der Waals surface area contributed by atoms with Crippen molar-refractivity contribution >= 4 is 28.9 Å². The fourth-order valence-corrected chi connectivity index (χ4v) is 3.02. The minimum atomic E-state index is -0.507. The average molecular weight is 430 g/mol. The number of carbonyl (C=O) groups excluding carboxylic acids is 2. The molecule has 1 aromatic heterocycles. The van der Waals surface area contributed by atoms with Gasteiger partial charge in [0.1, 0.15) is 12.4 Å². The van der Waals surface area contributed by atoms with Gasteiger partial charge in [-0.3, -0.25) is 9.59 Å². The summed E-state index contributed by atoms with van der Waals surface area (Å²) in [4.78, 5) is 24.8. The molecule has 0 aliphatic carbocycles. The molecule has 3 aromatic carbocycles. The average Bonchev–Trinajstić information content (AvgIpc) is 3.26. The maximum atomic E-state index is 13.0. The number of rotatable bonds is 6. The van der Waals surface area contributed by atoms with Crippen LogP contribution in [0.2, 0.25) is 0 Å². The van der Waals surface area contributed by atoms with Gasteiger partial charge in [0.05, 0.1) is 17.6 Å². The number of aromatic nitrogens is 3. The molecule has 9 heteroatoms. The van der Waals surface area contributed by atoms with Crippen LogP contribution in [0.3, 0.4) is 0 Å².